The Morgan fingerprint density at radius 1 is 1.32 bits per heavy atom. The highest BCUT2D eigenvalue weighted by Gasteiger charge is 2.19. The summed E-state index contributed by atoms with van der Waals surface area (Å²) in [5.74, 6) is 0.161. The molecule has 0 aliphatic carbocycles. The van der Waals surface area contributed by atoms with E-state index in [1.807, 2.05) is 19.2 Å². The van der Waals surface area contributed by atoms with E-state index < -0.39 is 0 Å². The van der Waals surface area contributed by atoms with Crippen molar-refractivity contribution in [2.24, 2.45) is 0 Å². The first-order chi connectivity index (χ1) is 8.99. The number of nitrogens with zero attached hydrogens (tertiary/aromatic N) is 2. The molecule has 0 unspecified atom stereocenters. The van der Waals surface area contributed by atoms with E-state index in [1.165, 1.54) is 0 Å². The predicted octanol–water partition coefficient (Wildman–Crippen LogP) is 2.32. The number of benzene rings is 1. The van der Waals surface area contributed by atoms with Gasteiger partial charge in [0, 0.05) is 35.9 Å². The average Bonchev–Trinajstić information content (AvgIpc) is 2.51. The third-order valence-electron chi connectivity index (χ3n) is 3.37. The maximum atomic E-state index is 11.9. The van der Waals surface area contributed by atoms with Gasteiger partial charge in [0.1, 0.15) is 0 Å². The van der Waals surface area contributed by atoms with Gasteiger partial charge < -0.3 is 9.80 Å². The van der Waals surface area contributed by atoms with Crippen LogP contribution in [0, 0.1) is 0 Å². The molecule has 0 atom stereocenters. The second-order valence-corrected chi connectivity index (χ2v) is 5.67. The standard InChI is InChI=1S/C14H17BrN2O2/c1-10(18)12-5-4-11(8-13(12)15)17-7-3-6-16(2)14(19)9-17/h4-5,8H,3,6-7,9H2,1-2H3. The first-order valence-corrected chi connectivity index (χ1v) is 7.07. The highest BCUT2D eigenvalue weighted by Crippen LogP contribution is 2.25. The van der Waals surface area contributed by atoms with E-state index in [-0.39, 0.29) is 11.7 Å². The minimum absolute atomic E-state index is 0.0325. The summed E-state index contributed by atoms with van der Waals surface area (Å²) >= 11 is 3.42. The van der Waals surface area contributed by atoms with Crippen molar-refractivity contribution < 1.29 is 9.59 Å². The minimum atomic E-state index is 0.0325. The van der Waals surface area contributed by atoms with Crippen LogP contribution in [0.3, 0.4) is 0 Å². The lowest BCUT2D eigenvalue weighted by Crippen LogP contribution is -2.34. The number of likely N-dealkylation sites (N-methyl/N-ethyl adjacent to an activating group) is 1. The van der Waals surface area contributed by atoms with E-state index in [0.717, 1.165) is 29.7 Å². The first kappa shape index (κ1) is 14.1. The smallest absolute Gasteiger partial charge is 0.241 e. The average molecular weight is 325 g/mol. The highest BCUT2D eigenvalue weighted by molar-refractivity contribution is 9.10. The number of carbonyl (C=O) groups excluding carboxylic acids is 2. The van der Waals surface area contributed by atoms with Crippen molar-refractivity contribution >= 4 is 33.3 Å². The number of ketones is 1. The van der Waals surface area contributed by atoms with Crippen LogP contribution < -0.4 is 4.90 Å². The molecule has 19 heavy (non-hydrogen) atoms. The molecule has 1 heterocycles. The lowest BCUT2D eigenvalue weighted by Gasteiger charge is -2.22. The van der Waals surface area contributed by atoms with Crippen LogP contribution in [0.25, 0.3) is 0 Å². The van der Waals surface area contributed by atoms with Crippen LogP contribution in [-0.4, -0.2) is 43.3 Å². The second kappa shape index (κ2) is 5.74. The minimum Gasteiger partial charge on any atom is -0.362 e. The summed E-state index contributed by atoms with van der Waals surface area (Å²) in [6.07, 6.45) is 0.953. The van der Waals surface area contributed by atoms with Gasteiger partial charge in [0.05, 0.1) is 6.54 Å². The van der Waals surface area contributed by atoms with Crippen LogP contribution in [-0.2, 0) is 4.79 Å². The molecule has 2 rings (SSSR count). The van der Waals surface area contributed by atoms with Gasteiger partial charge in [-0.05, 0) is 47.5 Å². The zero-order chi connectivity index (χ0) is 14.0. The number of hydrogen-bond acceptors (Lipinski definition) is 3. The zero-order valence-electron chi connectivity index (χ0n) is 11.1. The lowest BCUT2D eigenvalue weighted by atomic mass is 10.1. The lowest BCUT2D eigenvalue weighted by molar-refractivity contribution is -0.127. The molecular formula is C14H17BrN2O2. The maximum Gasteiger partial charge on any atom is 0.241 e. The Morgan fingerprint density at radius 3 is 2.68 bits per heavy atom. The number of halogens is 1. The van der Waals surface area contributed by atoms with Crippen molar-refractivity contribution in [1.29, 1.82) is 0 Å². The van der Waals surface area contributed by atoms with E-state index in [9.17, 15) is 9.59 Å². The van der Waals surface area contributed by atoms with Crippen molar-refractivity contribution in [3.8, 4) is 0 Å². The summed E-state index contributed by atoms with van der Waals surface area (Å²) in [5, 5.41) is 0. The molecule has 1 aliphatic rings. The van der Waals surface area contributed by atoms with Crippen molar-refractivity contribution in [2.45, 2.75) is 13.3 Å². The molecule has 0 radical (unpaired) electrons. The molecule has 0 spiro atoms. The summed E-state index contributed by atoms with van der Waals surface area (Å²) in [6.45, 7) is 3.58. The van der Waals surface area contributed by atoms with Gasteiger partial charge in [0.2, 0.25) is 5.91 Å². The summed E-state index contributed by atoms with van der Waals surface area (Å²) in [5.41, 5.74) is 1.64. The molecule has 1 aromatic carbocycles. The van der Waals surface area contributed by atoms with Gasteiger partial charge in [0.15, 0.2) is 5.78 Å². The Hall–Kier alpha value is -1.36. The molecule has 1 fully saturated rings. The van der Waals surface area contributed by atoms with Gasteiger partial charge in [-0.25, -0.2) is 0 Å². The summed E-state index contributed by atoms with van der Waals surface area (Å²) in [6, 6.07) is 5.62. The number of amides is 1. The predicted molar refractivity (Wildman–Crippen MR) is 78.6 cm³/mol. The van der Waals surface area contributed by atoms with E-state index in [4.69, 9.17) is 0 Å². The molecule has 1 aromatic rings. The van der Waals surface area contributed by atoms with Crippen molar-refractivity contribution in [3.05, 3.63) is 28.2 Å². The largest absolute Gasteiger partial charge is 0.362 e. The number of Topliss-reactive ketones (excluding diaryl/α,β-unsaturated/α-hetero) is 1. The number of hydrogen-bond donors (Lipinski definition) is 0. The fraction of sp³-hybridized carbons (Fsp3) is 0.429. The third-order valence-corrected chi connectivity index (χ3v) is 4.03. The first-order valence-electron chi connectivity index (χ1n) is 6.28. The Kier molecular flexibility index (Phi) is 4.24. The topological polar surface area (TPSA) is 40.6 Å². The van der Waals surface area contributed by atoms with Gasteiger partial charge >= 0.3 is 0 Å². The molecule has 1 aliphatic heterocycles. The van der Waals surface area contributed by atoms with Crippen LogP contribution in [0.15, 0.2) is 22.7 Å². The number of anilines is 1. The third kappa shape index (κ3) is 3.15. The fourth-order valence-corrected chi connectivity index (χ4v) is 2.84. The molecule has 1 amide bonds. The van der Waals surface area contributed by atoms with Crippen molar-refractivity contribution in [1.82, 2.24) is 4.90 Å². The van der Waals surface area contributed by atoms with E-state index in [2.05, 4.69) is 20.8 Å². The zero-order valence-corrected chi connectivity index (χ0v) is 12.7. The van der Waals surface area contributed by atoms with Crippen LogP contribution in [0.5, 0.6) is 0 Å². The Labute approximate surface area is 121 Å². The maximum absolute atomic E-state index is 11.9. The van der Waals surface area contributed by atoms with Crippen molar-refractivity contribution in [2.75, 3.05) is 31.6 Å². The van der Waals surface area contributed by atoms with Gasteiger partial charge in [-0.3, -0.25) is 9.59 Å². The summed E-state index contributed by atoms with van der Waals surface area (Å²) in [4.78, 5) is 27.1. The Morgan fingerprint density at radius 2 is 2.05 bits per heavy atom. The van der Waals surface area contributed by atoms with Crippen LogP contribution in [0.1, 0.15) is 23.7 Å². The fourth-order valence-electron chi connectivity index (χ4n) is 2.19. The summed E-state index contributed by atoms with van der Waals surface area (Å²) < 4.78 is 0.780. The number of carbonyl (C=O) groups is 2. The quantitative estimate of drug-likeness (QED) is 0.784. The summed E-state index contributed by atoms with van der Waals surface area (Å²) in [7, 11) is 1.83. The van der Waals surface area contributed by atoms with E-state index in [0.29, 0.717) is 12.1 Å². The molecule has 4 nitrogen and oxygen atoms in total. The van der Waals surface area contributed by atoms with E-state index in [1.54, 1.807) is 17.9 Å². The Balaban J connectivity index is 2.24. The Bertz CT molecular complexity index is 516. The molecule has 5 heteroatoms. The molecule has 0 N–H and O–H groups in total. The SMILES string of the molecule is CC(=O)c1ccc(N2CCCN(C)C(=O)C2)cc1Br. The number of rotatable bonds is 2. The molecular weight excluding hydrogens is 308 g/mol. The van der Waals surface area contributed by atoms with Crippen LogP contribution in [0.2, 0.25) is 0 Å². The van der Waals surface area contributed by atoms with Crippen LogP contribution in [0.4, 0.5) is 5.69 Å². The van der Waals surface area contributed by atoms with Gasteiger partial charge in [-0.2, -0.15) is 0 Å². The molecule has 0 saturated carbocycles. The molecule has 102 valence electrons. The normalized spacial score (nSPS) is 16.5. The van der Waals surface area contributed by atoms with Gasteiger partial charge in [-0.1, -0.05) is 0 Å². The van der Waals surface area contributed by atoms with Crippen molar-refractivity contribution in [3.63, 3.8) is 0 Å². The molecule has 1 saturated heterocycles. The van der Waals surface area contributed by atoms with Gasteiger partial charge in [-0.15, -0.1) is 0 Å². The van der Waals surface area contributed by atoms with Gasteiger partial charge in [0.25, 0.3) is 0 Å². The van der Waals surface area contributed by atoms with Crippen LogP contribution >= 0.6 is 15.9 Å². The highest BCUT2D eigenvalue weighted by atomic mass is 79.9. The second-order valence-electron chi connectivity index (χ2n) is 4.81. The molecule has 0 aromatic heterocycles. The van der Waals surface area contributed by atoms with E-state index >= 15 is 0 Å². The molecule has 0 bridgehead atoms. The monoisotopic (exact) mass is 324 g/mol.